The van der Waals surface area contributed by atoms with E-state index in [1.807, 2.05) is 54.6 Å². The van der Waals surface area contributed by atoms with Crippen LogP contribution in [-0.4, -0.2) is 10.9 Å². The van der Waals surface area contributed by atoms with E-state index < -0.39 is 0 Å². The molecule has 5 heteroatoms. The van der Waals surface area contributed by atoms with Crippen LogP contribution in [0.3, 0.4) is 0 Å². The van der Waals surface area contributed by atoms with E-state index in [2.05, 4.69) is 10.3 Å². The van der Waals surface area contributed by atoms with Crippen LogP contribution in [-0.2, 0) is 11.2 Å². The van der Waals surface area contributed by atoms with Crippen LogP contribution in [0.1, 0.15) is 16.8 Å². The summed E-state index contributed by atoms with van der Waals surface area (Å²) in [7, 11) is 0. The maximum absolute atomic E-state index is 12.3. The molecule has 0 atom stereocenters. The topological polar surface area (TPSA) is 42.0 Å². The second-order valence-corrected chi connectivity index (χ2v) is 6.45. The van der Waals surface area contributed by atoms with Gasteiger partial charge in [-0.05, 0) is 53.6 Å². The maximum atomic E-state index is 12.3. The van der Waals surface area contributed by atoms with Crippen LogP contribution in [0, 0.1) is 0 Å². The van der Waals surface area contributed by atoms with Gasteiger partial charge in [0.2, 0.25) is 5.91 Å². The van der Waals surface area contributed by atoms with E-state index in [1.165, 1.54) is 0 Å². The highest BCUT2D eigenvalue weighted by molar-refractivity contribution is 6.36. The van der Waals surface area contributed by atoms with Crippen molar-refractivity contribution in [2.45, 2.75) is 6.42 Å². The van der Waals surface area contributed by atoms with Crippen LogP contribution in [0.25, 0.3) is 12.2 Å². The third kappa shape index (κ3) is 4.94. The Balaban J connectivity index is 1.68. The van der Waals surface area contributed by atoms with Gasteiger partial charge in [-0.15, -0.1) is 0 Å². The van der Waals surface area contributed by atoms with Crippen molar-refractivity contribution in [2.75, 3.05) is 5.32 Å². The largest absolute Gasteiger partial charge is 0.326 e. The molecule has 0 aliphatic heterocycles. The van der Waals surface area contributed by atoms with Crippen LogP contribution in [0.4, 0.5) is 5.69 Å². The predicted octanol–water partition coefficient (Wildman–Crippen LogP) is 5.74. The SMILES string of the molecule is O=C(Cc1c(Cl)cccc1Cl)Nc1cccc(/C=C/c2ccccn2)c1. The molecule has 1 N–H and O–H groups in total. The van der Waals surface area contributed by atoms with Crippen molar-refractivity contribution in [3.05, 3.63) is 93.7 Å². The van der Waals surface area contributed by atoms with E-state index in [0.717, 1.165) is 11.3 Å². The van der Waals surface area contributed by atoms with Crippen LogP contribution in [0.15, 0.2) is 66.9 Å². The smallest absolute Gasteiger partial charge is 0.228 e. The molecular weight excluding hydrogens is 367 g/mol. The van der Waals surface area contributed by atoms with Crippen LogP contribution < -0.4 is 5.32 Å². The summed E-state index contributed by atoms with van der Waals surface area (Å²) in [5.74, 6) is -0.175. The number of halogens is 2. The highest BCUT2D eigenvalue weighted by Gasteiger charge is 2.11. The van der Waals surface area contributed by atoms with Gasteiger partial charge in [0.25, 0.3) is 0 Å². The summed E-state index contributed by atoms with van der Waals surface area (Å²) in [6, 6.07) is 18.5. The van der Waals surface area contributed by atoms with Gasteiger partial charge in [0.05, 0.1) is 12.1 Å². The Labute approximate surface area is 162 Å². The maximum Gasteiger partial charge on any atom is 0.228 e. The Bertz CT molecular complexity index is 920. The monoisotopic (exact) mass is 382 g/mol. The van der Waals surface area contributed by atoms with Crippen molar-refractivity contribution in [1.82, 2.24) is 4.98 Å². The Hall–Kier alpha value is -2.62. The van der Waals surface area contributed by atoms with Gasteiger partial charge in [-0.2, -0.15) is 0 Å². The number of anilines is 1. The van der Waals surface area contributed by atoms with Gasteiger partial charge in [0.1, 0.15) is 0 Å². The van der Waals surface area contributed by atoms with Crippen molar-refractivity contribution >= 4 is 46.9 Å². The Morgan fingerprint density at radius 2 is 1.73 bits per heavy atom. The number of carbonyl (C=O) groups is 1. The molecule has 0 fully saturated rings. The molecule has 1 heterocycles. The minimum atomic E-state index is -0.175. The molecule has 26 heavy (non-hydrogen) atoms. The van der Waals surface area contributed by atoms with Crippen molar-refractivity contribution in [3.63, 3.8) is 0 Å². The van der Waals surface area contributed by atoms with Gasteiger partial charge >= 0.3 is 0 Å². The molecule has 1 aromatic heterocycles. The lowest BCUT2D eigenvalue weighted by Crippen LogP contribution is -2.15. The molecule has 2 aromatic carbocycles. The molecule has 3 aromatic rings. The number of nitrogens with zero attached hydrogens (tertiary/aromatic N) is 1. The summed E-state index contributed by atoms with van der Waals surface area (Å²) in [6.07, 6.45) is 5.73. The fraction of sp³-hybridized carbons (Fsp3) is 0.0476. The number of benzene rings is 2. The minimum absolute atomic E-state index is 0.118. The van der Waals surface area contributed by atoms with E-state index in [4.69, 9.17) is 23.2 Å². The number of carbonyl (C=O) groups excluding carboxylic acids is 1. The molecule has 1 amide bonds. The summed E-state index contributed by atoms with van der Waals surface area (Å²) >= 11 is 12.2. The fourth-order valence-corrected chi connectivity index (χ4v) is 2.97. The minimum Gasteiger partial charge on any atom is -0.326 e. The average Bonchev–Trinajstić information content (AvgIpc) is 2.64. The summed E-state index contributed by atoms with van der Waals surface area (Å²) in [4.78, 5) is 16.6. The quantitative estimate of drug-likeness (QED) is 0.611. The molecule has 3 nitrogen and oxygen atoms in total. The predicted molar refractivity (Wildman–Crippen MR) is 108 cm³/mol. The summed E-state index contributed by atoms with van der Waals surface area (Å²) in [5.41, 5.74) is 3.17. The van der Waals surface area contributed by atoms with Gasteiger partial charge in [-0.1, -0.05) is 53.5 Å². The Morgan fingerprint density at radius 1 is 0.962 bits per heavy atom. The number of aromatic nitrogens is 1. The molecule has 0 saturated heterocycles. The highest BCUT2D eigenvalue weighted by Crippen LogP contribution is 2.25. The van der Waals surface area contributed by atoms with Gasteiger partial charge in [-0.3, -0.25) is 9.78 Å². The molecule has 0 radical (unpaired) electrons. The third-order valence-electron chi connectivity index (χ3n) is 3.70. The summed E-state index contributed by atoms with van der Waals surface area (Å²) in [5, 5.41) is 3.85. The molecule has 0 saturated carbocycles. The normalized spacial score (nSPS) is 10.8. The zero-order valence-electron chi connectivity index (χ0n) is 13.8. The van der Waals surface area contributed by atoms with Crippen molar-refractivity contribution in [3.8, 4) is 0 Å². The molecule has 0 unspecified atom stereocenters. The molecule has 0 aliphatic carbocycles. The van der Waals surface area contributed by atoms with Crippen molar-refractivity contribution < 1.29 is 4.79 Å². The van der Waals surface area contributed by atoms with Gasteiger partial charge in [-0.25, -0.2) is 0 Å². The molecular formula is C21H16Cl2N2O. The number of pyridine rings is 1. The number of amides is 1. The Kier molecular flexibility index (Phi) is 6.05. The first-order valence-electron chi connectivity index (χ1n) is 8.04. The standard InChI is InChI=1S/C21H16Cl2N2O/c22-19-8-4-9-20(23)18(19)14-21(26)25-17-7-3-5-15(13-17)10-11-16-6-1-2-12-24-16/h1-13H,14H2,(H,25,26)/b11-10+. The van der Waals surface area contributed by atoms with Crippen molar-refractivity contribution in [1.29, 1.82) is 0 Å². The van der Waals surface area contributed by atoms with E-state index in [-0.39, 0.29) is 12.3 Å². The molecule has 0 spiro atoms. The number of hydrogen-bond acceptors (Lipinski definition) is 2. The second-order valence-electron chi connectivity index (χ2n) is 5.64. The highest BCUT2D eigenvalue weighted by atomic mass is 35.5. The summed E-state index contributed by atoms with van der Waals surface area (Å²) < 4.78 is 0. The molecule has 3 rings (SSSR count). The first kappa shape index (κ1) is 18.2. The van der Waals surface area contributed by atoms with E-state index in [9.17, 15) is 4.79 Å². The first-order valence-corrected chi connectivity index (χ1v) is 8.79. The van der Waals surface area contributed by atoms with Crippen molar-refractivity contribution in [2.24, 2.45) is 0 Å². The fourth-order valence-electron chi connectivity index (χ4n) is 2.44. The van der Waals surface area contributed by atoms with Gasteiger partial charge < -0.3 is 5.32 Å². The van der Waals surface area contributed by atoms with Crippen LogP contribution in [0.5, 0.6) is 0 Å². The zero-order valence-corrected chi connectivity index (χ0v) is 15.3. The molecule has 0 aliphatic rings. The van der Waals surface area contributed by atoms with E-state index in [1.54, 1.807) is 24.4 Å². The average molecular weight is 383 g/mol. The molecule has 130 valence electrons. The number of rotatable bonds is 5. The number of nitrogens with one attached hydrogen (secondary N) is 1. The molecule has 0 bridgehead atoms. The second kappa shape index (κ2) is 8.65. The lowest BCUT2D eigenvalue weighted by Gasteiger charge is -2.09. The third-order valence-corrected chi connectivity index (χ3v) is 4.41. The number of hydrogen-bond donors (Lipinski definition) is 1. The summed E-state index contributed by atoms with van der Waals surface area (Å²) in [6.45, 7) is 0. The zero-order chi connectivity index (χ0) is 18.4. The van der Waals surface area contributed by atoms with Crippen LogP contribution >= 0.6 is 23.2 Å². The van der Waals surface area contributed by atoms with E-state index >= 15 is 0 Å². The van der Waals surface area contributed by atoms with Gasteiger partial charge in [0, 0.05) is 21.9 Å². The lowest BCUT2D eigenvalue weighted by atomic mass is 10.1. The van der Waals surface area contributed by atoms with E-state index in [0.29, 0.717) is 21.3 Å². The van der Waals surface area contributed by atoms with Crippen LogP contribution in [0.2, 0.25) is 10.0 Å². The van der Waals surface area contributed by atoms with Gasteiger partial charge in [0.15, 0.2) is 0 Å². The Morgan fingerprint density at radius 3 is 2.46 bits per heavy atom. The lowest BCUT2D eigenvalue weighted by molar-refractivity contribution is -0.115. The first-order chi connectivity index (χ1) is 12.6.